The Bertz CT molecular complexity index is 15.8. The van der Waals surface area contributed by atoms with E-state index in [-0.39, 0.29) is 62.1 Å². The molecule has 0 unspecified atom stereocenters. The summed E-state index contributed by atoms with van der Waals surface area (Å²) in [5.74, 6) is 0. The molecule has 9 heavy (non-hydrogen) atoms. The summed E-state index contributed by atoms with van der Waals surface area (Å²) < 4.78 is 0. The standard InChI is InChI=1S/2C2H6O.H2O.2Ti/c2*1-2-3;;;/h2*3H,2H2,1H3;1H2;;. The van der Waals surface area contributed by atoms with Crippen LogP contribution in [0.3, 0.4) is 0 Å². The molecule has 0 rings (SSSR count). The van der Waals surface area contributed by atoms with E-state index >= 15 is 0 Å². The number of rotatable bonds is 0. The number of hydrogen-bond donors (Lipinski definition) is 2. The molecule has 0 radical (unpaired) electrons. The van der Waals surface area contributed by atoms with Gasteiger partial charge in [0.2, 0.25) is 0 Å². The number of hydrogen-bond acceptors (Lipinski definition) is 2. The zero-order chi connectivity index (χ0) is 5.41. The maximum atomic E-state index is 7.57. The molecule has 0 aromatic carbocycles. The Morgan fingerprint density at radius 3 is 0.889 bits per heavy atom. The van der Waals surface area contributed by atoms with Crippen LogP contribution in [0.25, 0.3) is 0 Å². The van der Waals surface area contributed by atoms with E-state index in [0.29, 0.717) is 0 Å². The zero-order valence-electron chi connectivity index (χ0n) is 5.81. The van der Waals surface area contributed by atoms with E-state index in [4.69, 9.17) is 10.2 Å². The van der Waals surface area contributed by atoms with Gasteiger partial charge in [0.05, 0.1) is 0 Å². The van der Waals surface area contributed by atoms with E-state index in [1.165, 1.54) is 0 Å². The van der Waals surface area contributed by atoms with Gasteiger partial charge in [-0.3, -0.25) is 0 Å². The van der Waals surface area contributed by atoms with Gasteiger partial charge in [-0.25, -0.2) is 0 Å². The quantitative estimate of drug-likeness (QED) is 0.507. The van der Waals surface area contributed by atoms with Gasteiger partial charge in [-0.1, -0.05) is 0 Å². The summed E-state index contributed by atoms with van der Waals surface area (Å²) in [6.07, 6.45) is 0. The van der Waals surface area contributed by atoms with Crippen LogP contribution >= 0.6 is 0 Å². The maximum Gasteiger partial charge on any atom is 0.0402 e. The molecule has 0 fully saturated rings. The monoisotopic (exact) mass is 206 g/mol. The molecule has 0 aliphatic carbocycles. The molecule has 3 nitrogen and oxygen atoms in total. The van der Waals surface area contributed by atoms with Crippen molar-refractivity contribution in [2.45, 2.75) is 13.8 Å². The van der Waals surface area contributed by atoms with Gasteiger partial charge in [-0.05, 0) is 13.8 Å². The first kappa shape index (κ1) is 31.7. The Morgan fingerprint density at radius 1 is 0.889 bits per heavy atom. The van der Waals surface area contributed by atoms with Crippen LogP contribution in [0.5, 0.6) is 0 Å². The molecule has 0 aromatic rings. The van der Waals surface area contributed by atoms with Crippen LogP contribution in [-0.2, 0) is 43.4 Å². The van der Waals surface area contributed by atoms with Crippen molar-refractivity contribution in [3.63, 3.8) is 0 Å². The maximum absolute atomic E-state index is 7.57. The minimum Gasteiger partial charge on any atom is -0.412 e. The second-order valence-electron chi connectivity index (χ2n) is 0.632. The summed E-state index contributed by atoms with van der Waals surface area (Å²) in [7, 11) is 0. The van der Waals surface area contributed by atoms with Crippen LogP contribution in [-0.4, -0.2) is 28.9 Å². The van der Waals surface area contributed by atoms with E-state index in [0.717, 1.165) is 0 Å². The molecule has 0 aliphatic heterocycles. The first-order valence-corrected chi connectivity index (χ1v) is 2.05. The molecule has 0 aliphatic rings. The van der Waals surface area contributed by atoms with Crippen LogP contribution in [0.2, 0.25) is 0 Å². The van der Waals surface area contributed by atoms with Crippen LogP contribution in [0, 0.1) is 0 Å². The minimum atomic E-state index is 0. The molecule has 56 valence electrons. The van der Waals surface area contributed by atoms with Gasteiger partial charge in [0.25, 0.3) is 0 Å². The fourth-order valence-electron chi connectivity index (χ4n) is 0. The Morgan fingerprint density at radius 2 is 0.889 bits per heavy atom. The summed E-state index contributed by atoms with van der Waals surface area (Å²) in [5, 5.41) is 15.1. The third-order valence-corrected chi connectivity index (χ3v) is 0. The van der Waals surface area contributed by atoms with Crippen molar-refractivity contribution in [1.29, 1.82) is 0 Å². The first-order chi connectivity index (χ1) is 2.83. The molecule has 0 heterocycles. The van der Waals surface area contributed by atoms with Crippen molar-refractivity contribution < 1.29 is 59.1 Å². The average molecular weight is 206 g/mol. The number of aliphatic hydroxyl groups is 2. The van der Waals surface area contributed by atoms with Crippen LogP contribution in [0.4, 0.5) is 0 Å². The second-order valence-corrected chi connectivity index (χ2v) is 0.632. The van der Waals surface area contributed by atoms with Crippen molar-refractivity contribution in [2.24, 2.45) is 0 Å². The van der Waals surface area contributed by atoms with Crippen molar-refractivity contribution in [3.8, 4) is 0 Å². The van der Waals surface area contributed by atoms with Crippen molar-refractivity contribution in [1.82, 2.24) is 0 Å². The van der Waals surface area contributed by atoms with Crippen molar-refractivity contribution >= 4 is 0 Å². The zero-order valence-corrected chi connectivity index (χ0v) is 8.93. The Hall–Kier alpha value is 1.31. The predicted molar refractivity (Wildman–Crippen MR) is 29.1 cm³/mol. The average Bonchev–Trinajstić information content (AvgIpc) is 1.39. The topological polar surface area (TPSA) is 72.0 Å². The van der Waals surface area contributed by atoms with Crippen molar-refractivity contribution in [3.05, 3.63) is 0 Å². The van der Waals surface area contributed by atoms with Gasteiger partial charge in [0.15, 0.2) is 0 Å². The van der Waals surface area contributed by atoms with Gasteiger partial charge < -0.3 is 15.7 Å². The van der Waals surface area contributed by atoms with Gasteiger partial charge in [-0.15, -0.1) is 0 Å². The smallest absolute Gasteiger partial charge is 0.0402 e. The van der Waals surface area contributed by atoms with Crippen LogP contribution in [0.1, 0.15) is 13.8 Å². The molecule has 0 bridgehead atoms. The molecular formula is C4H14O3Ti2. The Kier molecular flexibility index (Phi) is 207. The van der Waals surface area contributed by atoms with Crippen LogP contribution in [0.15, 0.2) is 0 Å². The van der Waals surface area contributed by atoms with Crippen LogP contribution < -0.4 is 0 Å². The molecule has 0 aromatic heterocycles. The first-order valence-electron chi connectivity index (χ1n) is 2.05. The largest absolute Gasteiger partial charge is 0.412 e. The molecule has 0 amide bonds. The molecular weight excluding hydrogens is 192 g/mol. The minimum absolute atomic E-state index is 0. The molecule has 4 N–H and O–H groups in total. The van der Waals surface area contributed by atoms with Gasteiger partial charge in [0.1, 0.15) is 0 Å². The predicted octanol–water partition coefficient (Wildman–Crippen LogP) is -0.832. The van der Waals surface area contributed by atoms with Crippen molar-refractivity contribution in [2.75, 3.05) is 13.2 Å². The second kappa shape index (κ2) is 58.7. The molecule has 0 saturated carbocycles. The summed E-state index contributed by atoms with van der Waals surface area (Å²) in [6.45, 7) is 3.86. The van der Waals surface area contributed by atoms with Gasteiger partial charge in [0, 0.05) is 56.6 Å². The fraction of sp³-hybridized carbons (Fsp3) is 1.00. The van der Waals surface area contributed by atoms with E-state index in [1.807, 2.05) is 0 Å². The Balaban J connectivity index is -0.00000000889. The third-order valence-electron chi connectivity index (χ3n) is 0. The molecule has 0 atom stereocenters. The molecule has 0 spiro atoms. The summed E-state index contributed by atoms with van der Waals surface area (Å²) >= 11 is 0. The van der Waals surface area contributed by atoms with E-state index in [9.17, 15) is 0 Å². The molecule has 0 saturated heterocycles. The summed E-state index contributed by atoms with van der Waals surface area (Å²) in [6, 6.07) is 0. The normalized spacial score (nSPS) is 4.00. The SMILES string of the molecule is CCO.CCO.O.[Ti].[Ti]. The summed E-state index contributed by atoms with van der Waals surface area (Å²) in [5.41, 5.74) is 0. The van der Waals surface area contributed by atoms with E-state index < -0.39 is 0 Å². The van der Waals surface area contributed by atoms with E-state index in [1.54, 1.807) is 13.8 Å². The van der Waals surface area contributed by atoms with Gasteiger partial charge in [-0.2, -0.15) is 0 Å². The summed E-state index contributed by atoms with van der Waals surface area (Å²) in [4.78, 5) is 0. The van der Waals surface area contributed by atoms with E-state index in [2.05, 4.69) is 0 Å². The van der Waals surface area contributed by atoms with Gasteiger partial charge >= 0.3 is 0 Å². The third kappa shape index (κ3) is 290. The molecule has 5 heteroatoms. The fourth-order valence-corrected chi connectivity index (χ4v) is 0. The Labute approximate surface area is 85.9 Å². The number of aliphatic hydroxyl groups excluding tert-OH is 2.